The van der Waals surface area contributed by atoms with Crippen molar-refractivity contribution in [2.45, 2.75) is 85.2 Å². The van der Waals surface area contributed by atoms with Crippen LogP contribution in [0.3, 0.4) is 0 Å². The number of fused-ring (bicyclic) bond motifs is 2. The number of carbonyl (C=O) groups excluding carboxylic acids is 1. The molecule has 5 atom stereocenters. The van der Waals surface area contributed by atoms with E-state index in [2.05, 4.69) is 27.7 Å². The molecular formula is C23H36O3. The van der Waals surface area contributed by atoms with Gasteiger partial charge in [-0.05, 0) is 47.7 Å². The first-order valence-corrected chi connectivity index (χ1v) is 10.6. The fourth-order valence-corrected chi connectivity index (χ4v) is 5.78. The molecule has 26 heavy (non-hydrogen) atoms. The normalized spacial score (nSPS) is 37.0. The fourth-order valence-electron chi connectivity index (χ4n) is 5.78. The average Bonchev–Trinajstić information content (AvgIpc) is 2.57. The van der Waals surface area contributed by atoms with Crippen molar-refractivity contribution in [2.75, 3.05) is 0 Å². The minimum atomic E-state index is -0.703. The van der Waals surface area contributed by atoms with E-state index >= 15 is 0 Å². The van der Waals surface area contributed by atoms with E-state index < -0.39 is 6.10 Å². The lowest BCUT2D eigenvalue weighted by Crippen LogP contribution is -2.61. The number of unbranched alkanes of at least 4 members (excludes halogenated alkanes) is 3. The van der Waals surface area contributed by atoms with E-state index in [1.807, 2.05) is 12.2 Å². The molecule has 3 rings (SSSR count). The van der Waals surface area contributed by atoms with Crippen molar-refractivity contribution in [1.29, 1.82) is 0 Å². The standard InChI is InChI=1S/C23H36O3/c1-5-6-7-8-11-22(2,3)16-13-19(25)21(20(26)14-16)23(4)15-9-10-18(24)17(23)12-15/h13-15,17,19,21,25-26H,5-12H2,1-4H3/t15?,17?,19?,21?,23-/m0/s1. The predicted octanol–water partition coefficient (Wildman–Crippen LogP) is 5.35. The Morgan fingerprint density at radius 2 is 2.00 bits per heavy atom. The molecule has 0 aromatic carbocycles. The van der Waals surface area contributed by atoms with Crippen LogP contribution in [0.2, 0.25) is 0 Å². The number of aliphatic hydroxyl groups excluding tert-OH is 2. The summed E-state index contributed by atoms with van der Waals surface area (Å²) in [6.07, 6.45) is 11.6. The summed E-state index contributed by atoms with van der Waals surface area (Å²) in [6.45, 7) is 8.72. The lowest BCUT2D eigenvalue weighted by molar-refractivity contribution is -0.168. The molecule has 2 fully saturated rings. The monoisotopic (exact) mass is 360 g/mol. The summed E-state index contributed by atoms with van der Waals surface area (Å²) in [4.78, 5) is 12.3. The summed E-state index contributed by atoms with van der Waals surface area (Å²) in [5.41, 5.74) is 0.692. The molecule has 3 aliphatic rings. The van der Waals surface area contributed by atoms with Crippen LogP contribution >= 0.6 is 0 Å². The first kappa shape index (κ1) is 19.7. The highest BCUT2D eigenvalue weighted by molar-refractivity contribution is 5.84. The van der Waals surface area contributed by atoms with Gasteiger partial charge in [-0.1, -0.05) is 59.5 Å². The van der Waals surface area contributed by atoms with Crippen LogP contribution < -0.4 is 0 Å². The zero-order valence-corrected chi connectivity index (χ0v) is 16.9. The molecule has 3 aliphatic carbocycles. The Morgan fingerprint density at radius 3 is 2.58 bits per heavy atom. The smallest absolute Gasteiger partial charge is 0.136 e. The average molecular weight is 361 g/mol. The Kier molecular flexibility index (Phi) is 5.40. The number of carbonyl (C=O) groups is 1. The Bertz CT molecular complexity index is 613. The van der Waals surface area contributed by atoms with Gasteiger partial charge in [0, 0.05) is 12.3 Å². The van der Waals surface area contributed by atoms with E-state index in [1.165, 1.54) is 25.7 Å². The van der Waals surface area contributed by atoms with Crippen LogP contribution in [0.1, 0.15) is 79.1 Å². The largest absolute Gasteiger partial charge is 0.512 e. The van der Waals surface area contributed by atoms with E-state index in [0.29, 0.717) is 18.1 Å². The summed E-state index contributed by atoms with van der Waals surface area (Å²) in [6, 6.07) is 0. The van der Waals surface area contributed by atoms with Crippen molar-refractivity contribution in [3.05, 3.63) is 23.5 Å². The van der Waals surface area contributed by atoms with Crippen LogP contribution in [0.15, 0.2) is 23.5 Å². The van der Waals surface area contributed by atoms with Gasteiger partial charge in [0.25, 0.3) is 0 Å². The van der Waals surface area contributed by atoms with Crippen molar-refractivity contribution in [3.63, 3.8) is 0 Å². The second kappa shape index (κ2) is 7.14. The number of Topliss-reactive ketones (excluding diaryl/α,β-unsaturated/α-hetero) is 1. The number of ketones is 1. The Morgan fingerprint density at radius 1 is 1.27 bits per heavy atom. The molecule has 2 saturated carbocycles. The highest BCUT2D eigenvalue weighted by atomic mass is 16.3. The van der Waals surface area contributed by atoms with E-state index in [1.54, 1.807) is 0 Å². The molecular weight excluding hydrogens is 324 g/mol. The first-order valence-electron chi connectivity index (χ1n) is 10.6. The van der Waals surface area contributed by atoms with Gasteiger partial charge in [0.05, 0.1) is 17.8 Å². The van der Waals surface area contributed by atoms with E-state index in [-0.39, 0.29) is 28.4 Å². The summed E-state index contributed by atoms with van der Waals surface area (Å²) in [7, 11) is 0. The minimum absolute atomic E-state index is 0.00783. The molecule has 0 aromatic heterocycles. The van der Waals surface area contributed by atoms with Crippen LogP contribution in [-0.4, -0.2) is 22.1 Å². The number of rotatable bonds is 7. The molecule has 0 saturated heterocycles. The van der Waals surface area contributed by atoms with Gasteiger partial charge in [-0.2, -0.15) is 0 Å². The summed E-state index contributed by atoms with van der Waals surface area (Å²) in [5, 5.41) is 21.8. The third-order valence-corrected chi connectivity index (χ3v) is 7.70. The van der Waals surface area contributed by atoms with Crippen LogP contribution in [0.25, 0.3) is 0 Å². The van der Waals surface area contributed by atoms with Crippen molar-refractivity contribution >= 4 is 5.78 Å². The van der Waals surface area contributed by atoms with Crippen molar-refractivity contribution < 1.29 is 15.0 Å². The Balaban J connectivity index is 1.75. The van der Waals surface area contributed by atoms with Crippen LogP contribution in [0.4, 0.5) is 0 Å². The van der Waals surface area contributed by atoms with Gasteiger partial charge in [-0.25, -0.2) is 0 Å². The van der Waals surface area contributed by atoms with Gasteiger partial charge in [-0.15, -0.1) is 0 Å². The maximum Gasteiger partial charge on any atom is 0.136 e. The zero-order chi connectivity index (χ0) is 19.1. The molecule has 0 spiro atoms. The van der Waals surface area contributed by atoms with Crippen LogP contribution in [0, 0.1) is 28.6 Å². The molecule has 3 nitrogen and oxygen atoms in total. The van der Waals surface area contributed by atoms with E-state index in [4.69, 9.17) is 0 Å². The molecule has 0 aromatic rings. The van der Waals surface area contributed by atoms with Gasteiger partial charge < -0.3 is 10.2 Å². The molecule has 0 amide bonds. The molecule has 0 heterocycles. The van der Waals surface area contributed by atoms with Crippen molar-refractivity contribution in [2.24, 2.45) is 28.6 Å². The molecule has 3 heteroatoms. The lowest BCUT2D eigenvalue weighted by atomic mass is 9.42. The van der Waals surface area contributed by atoms with E-state index in [0.717, 1.165) is 24.8 Å². The number of allylic oxidation sites excluding steroid dienone is 2. The van der Waals surface area contributed by atoms with Crippen molar-refractivity contribution in [3.8, 4) is 0 Å². The first-order chi connectivity index (χ1) is 12.2. The second-order valence-corrected chi connectivity index (χ2v) is 9.71. The molecule has 0 aliphatic heterocycles. The topological polar surface area (TPSA) is 57.5 Å². The van der Waals surface area contributed by atoms with Gasteiger partial charge in [-0.3, -0.25) is 4.79 Å². The lowest BCUT2D eigenvalue weighted by Gasteiger charge is -2.61. The fraction of sp³-hybridized carbons (Fsp3) is 0.783. The number of aliphatic hydroxyl groups is 2. The zero-order valence-electron chi connectivity index (χ0n) is 16.9. The van der Waals surface area contributed by atoms with Gasteiger partial charge in [0.15, 0.2) is 0 Å². The number of hydrogen-bond donors (Lipinski definition) is 2. The molecule has 146 valence electrons. The van der Waals surface area contributed by atoms with Crippen LogP contribution in [-0.2, 0) is 4.79 Å². The maximum atomic E-state index is 12.3. The van der Waals surface area contributed by atoms with Crippen molar-refractivity contribution in [1.82, 2.24) is 0 Å². The second-order valence-electron chi connectivity index (χ2n) is 9.71. The minimum Gasteiger partial charge on any atom is -0.512 e. The summed E-state index contributed by atoms with van der Waals surface area (Å²) in [5.74, 6) is 0.713. The quantitative estimate of drug-likeness (QED) is 0.602. The Hall–Kier alpha value is -1.09. The highest BCUT2D eigenvalue weighted by Gasteiger charge is 2.63. The maximum absolute atomic E-state index is 12.3. The van der Waals surface area contributed by atoms with Crippen LogP contribution in [0.5, 0.6) is 0 Å². The van der Waals surface area contributed by atoms with Gasteiger partial charge >= 0.3 is 0 Å². The number of hydrogen-bond acceptors (Lipinski definition) is 3. The molecule has 2 bridgehead atoms. The third kappa shape index (κ3) is 3.17. The summed E-state index contributed by atoms with van der Waals surface area (Å²) >= 11 is 0. The van der Waals surface area contributed by atoms with Gasteiger partial charge in [0.1, 0.15) is 5.78 Å². The summed E-state index contributed by atoms with van der Waals surface area (Å²) < 4.78 is 0. The predicted molar refractivity (Wildman–Crippen MR) is 105 cm³/mol. The third-order valence-electron chi connectivity index (χ3n) is 7.70. The van der Waals surface area contributed by atoms with E-state index in [9.17, 15) is 15.0 Å². The molecule has 4 unspecified atom stereocenters. The Labute approximate surface area is 158 Å². The highest BCUT2D eigenvalue weighted by Crippen LogP contribution is 2.64. The molecule has 2 N–H and O–H groups in total. The molecule has 0 radical (unpaired) electrons. The SMILES string of the molecule is CCCCCCC(C)(C)C1=CC(O)C([C@@]2(C)C3CCC(=O)C2C3)C(O)=C1. The van der Waals surface area contributed by atoms with Gasteiger partial charge in [0.2, 0.25) is 0 Å².